The highest BCUT2D eigenvalue weighted by molar-refractivity contribution is 7.86. The molecule has 1 fully saturated rings. The first-order chi connectivity index (χ1) is 30.1. The number of aliphatic hydroxyl groups is 2. The molecule has 3 aromatic rings. The van der Waals surface area contributed by atoms with Gasteiger partial charge in [0.25, 0.3) is 20.2 Å². The topological polar surface area (TPSA) is 255 Å². The molecule has 1 aromatic heterocycles. The molecule has 0 radical (unpaired) electrons. The molecule has 3 atom stereocenters. The number of benzene rings is 2. The fourth-order valence-electron chi connectivity index (χ4n) is 8.62. The van der Waals surface area contributed by atoms with Crippen LogP contribution in [-0.2, 0) is 47.0 Å². The second-order valence-electron chi connectivity index (χ2n) is 16.4. The van der Waals surface area contributed by atoms with Crippen LogP contribution in [0.3, 0.4) is 0 Å². The van der Waals surface area contributed by atoms with Gasteiger partial charge >= 0.3 is 5.69 Å². The van der Waals surface area contributed by atoms with Crippen LogP contribution >= 0.6 is 12.2 Å². The second kappa shape index (κ2) is 18.6. The molecular formula is C44H51N6O11S3+. The van der Waals surface area contributed by atoms with Crippen molar-refractivity contribution in [2.75, 3.05) is 36.9 Å². The summed E-state index contributed by atoms with van der Waals surface area (Å²) in [7, 11) is -9.20. The molecule has 3 aliphatic heterocycles. The van der Waals surface area contributed by atoms with Crippen LogP contribution in [0.1, 0.15) is 75.9 Å². The number of ether oxygens (including phenoxy) is 1. The fourth-order valence-corrected chi connectivity index (χ4v) is 9.96. The summed E-state index contributed by atoms with van der Waals surface area (Å²) in [5.41, 5.74) is 8.42. The molecular weight excluding hydrogens is 885 g/mol. The summed E-state index contributed by atoms with van der Waals surface area (Å²) in [6.45, 7) is 10.1. The Kier molecular flexibility index (Phi) is 14.0. The Bertz CT molecular complexity index is 2870. The van der Waals surface area contributed by atoms with Crippen molar-refractivity contribution < 1.29 is 50.3 Å². The predicted octanol–water partition coefficient (Wildman–Crippen LogP) is 3.25. The van der Waals surface area contributed by atoms with Gasteiger partial charge < -0.3 is 30.9 Å². The van der Waals surface area contributed by atoms with E-state index >= 15 is 0 Å². The van der Waals surface area contributed by atoms with E-state index < -0.39 is 79.0 Å². The SMILES string of the molecule is CCN1C(=CC=CC=CC2=[N+](CCC=S)c3ccc(S(=O)(=O)O)c(CC(=O)NCC#Cc4cn([C@H]5C[C@H](O)[C@@H](CO)O5)c(=O)nc4N)c3C2(C)C)C(C)(C)c2cc(S(=O)(=O)O)ccc21. The number of likely N-dealkylation sites (N-methyl/N-ethyl adjacent to an activating group) is 1. The van der Waals surface area contributed by atoms with E-state index in [1.54, 1.807) is 17.5 Å². The molecule has 1 saturated heterocycles. The number of aromatic nitrogens is 2. The summed E-state index contributed by atoms with van der Waals surface area (Å²) in [6, 6.07) is 7.45. The van der Waals surface area contributed by atoms with Crippen molar-refractivity contribution >= 4 is 66.6 Å². The maximum atomic E-state index is 13.5. The normalized spacial score (nSPS) is 20.8. The monoisotopic (exact) mass is 935 g/mol. The van der Waals surface area contributed by atoms with Crippen LogP contribution in [0, 0.1) is 11.8 Å². The highest BCUT2D eigenvalue weighted by Gasteiger charge is 2.47. The molecule has 17 nitrogen and oxygen atoms in total. The number of carbonyl (C=O) groups is 1. The minimum absolute atomic E-state index is 0.0287. The zero-order valence-corrected chi connectivity index (χ0v) is 38.3. The number of amides is 1. The first-order valence-electron chi connectivity index (χ1n) is 20.3. The van der Waals surface area contributed by atoms with Gasteiger partial charge in [-0.25, -0.2) is 4.79 Å². The number of nitrogens with two attached hydrogens (primary N) is 1. The molecule has 340 valence electrons. The number of nitrogens with one attached hydrogen (secondary N) is 1. The first-order valence-corrected chi connectivity index (χ1v) is 23.7. The number of allylic oxidation sites excluding steroid dienone is 6. The van der Waals surface area contributed by atoms with Crippen LogP contribution in [0.25, 0.3) is 0 Å². The number of thiocarbonyl (C=S) groups is 1. The second-order valence-corrected chi connectivity index (χ2v) is 19.6. The number of fused-ring (bicyclic) bond motifs is 2. The lowest BCUT2D eigenvalue weighted by Crippen LogP contribution is -2.31. The molecule has 0 unspecified atom stereocenters. The van der Waals surface area contributed by atoms with Crippen molar-refractivity contribution in [2.24, 2.45) is 0 Å². The van der Waals surface area contributed by atoms with Crippen molar-refractivity contribution in [1.29, 1.82) is 0 Å². The summed E-state index contributed by atoms with van der Waals surface area (Å²) in [5, 5.41) is 23.8. The number of hydrogen-bond donors (Lipinski definition) is 6. The standard InChI is InChI=1S/C44H50N6O11S3/c1-6-48-31-16-15-28(63(55,56)57)22-30(31)43(2,3)36(48)13-8-7-9-14-37-44(4,5)40-29(35(64(58,59)60)18-17-32(40)49(37)20-11-21-62)23-38(53)46-19-10-12-27-25-50(42(54)47-41(27)45)39-24-33(52)34(26-51)61-39/h7-9,13-18,21-22,25,33-34,39,51-52H,6,11,19-20,23-24,26H2,1-5H3,(H4-,45,46,47,53,54,55,56,57,58,59,60)/p+1/t33-,34+,39+/m0/s1. The number of anilines is 2. The van der Waals surface area contributed by atoms with Crippen molar-refractivity contribution in [3.63, 3.8) is 0 Å². The Morgan fingerprint density at radius 1 is 1.09 bits per heavy atom. The van der Waals surface area contributed by atoms with Gasteiger partial charge in [0, 0.05) is 60.1 Å². The highest BCUT2D eigenvalue weighted by Crippen LogP contribution is 2.48. The number of nitrogens with zero attached hydrogens (tertiary/aromatic N) is 4. The van der Waals surface area contributed by atoms with E-state index in [4.69, 9.17) is 22.7 Å². The van der Waals surface area contributed by atoms with Gasteiger partial charge in [0.15, 0.2) is 12.3 Å². The third kappa shape index (κ3) is 9.53. The Labute approximate surface area is 377 Å². The minimum atomic E-state index is -4.80. The smallest absolute Gasteiger partial charge is 0.351 e. The lowest BCUT2D eigenvalue weighted by atomic mass is 9.78. The van der Waals surface area contributed by atoms with Crippen LogP contribution < -0.4 is 21.6 Å². The van der Waals surface area contributed by atoms with E-state index in [1.165, 1.54) is 24.4 Å². The molecule has 1 amide bonds. The highest BCUT2D eigenvalue weighted by atomic mass is 32.2. The van der Waals surface area contributed by atoms with E-state index in [0.717, 1.165) is 27.2 Å². The number of hydrogen-bond acceptors (Lipinski definition) is 13. The predicted molar refractivity (Wildman–Crippen MR) is 244 cm³/mol. The summed E-state index contributed by atoms with van der Waals surface area (Å²) in [4.78, 5) is 31.4. The molecule has 0 spiro atoms. The molecule has 6 rings (SSSR count). The van der Waals surface area contributed by atoms with Crippen LogP contribution in [0.4, 0.5) is 17.2 Å². The lowest BCUT2D eigenvalue weighted by Gasteiger charge is -2.25. The summed E-state index contributed by atoms with van der Waals surface area (Å²) in [5.74, 6) is 4.75. The average Bonchev–Trinajstić information content (AvgIpc) is 3.77. The number of aliphatic hydroxyl groups excluding tert-OH is 2. The van der Waals surface area contributed by atoms with Crippen molar-refractivity contribution in [1.82, 2.24) is 14.9 Å². The molecule has 64 heavy (non-hydrogen) atoms. The van der Waals surface area contributed by atoms with E-state index in [1.807, 2.05) is 69.6 Å². The van der Waals surface area contributed by atoms with Crippen LogP contribution in [0.2, 0.25) is 0 Å². The van der Waals surface area contributed by atoms with Gasteiger partial charge in [-0.3, -0.25) is 18.5 Å². The lowest BCUT2D eigenvalue weighted by molar-refractivity contribution is -0.435. The van der Waals surface area contributed by atoms with Crippen molar-refractivity contribution in [3.8, 4) is 11.8 Å². The molecule has 3 aliphatic rings. The summed E-state index contributed by atoms with van der Waals surface area (Å²) >= 11 is 5.17. The molecule has 20 heteroatoms. The zero-order chi connectivity index (χ0) is 46.9. The first kappa shape index (κ1) is 48.1. The largest absolute Gasteiger partial charge is 0.394 e. The summed E-state index contributed by atoms with van der Waals surface area (Å²) in [6.07, 6.45) is 8.00. The fraction of sp³-hybridized carbons (Fsp3) is 0.386. The Morgan fingerprint density at radius 3 is 2.47 bits per heavy atom. The van der Waals surface area contributed by atoms with Crippen molar-refractivity contribution in [2.45, 2.75) is 92.9 Å². The van der Waals surface area contributed by atoms with E-state index in [9.17, 15) is 45.7 Å². The quantitative estimate of drug-likeness (QED) is 0.0446. The van der Waals surface area contributed by atoms with Gasteiger partial charge in [-0.2, -0.15) is 26.4 Å². The Hall–Kier alpha value is -5.37. The molecule has 0 saturated carbocycles. The van der Waals surface area contributed by atoms with Gasteiger partial charge in [0.2, 0.25) is 11.6 Å². The van der Waals surface area contributed by atoms with Crippen LogP contribution in [-0.4, -0.2) is 106 Å². The van der Waals surface area contributed by atoms with Gasteiger partial charge in [-0.05, 0) is 67.6 Å². The van der Waals surface area contributed by atoms with Gasteiger partial charge in [-0.15, -0.1) is 0 Å². The number of rotatable bonds is 14. The van der Waals surface area contributed by atoms with Crippen LogP contribution in [0.5, 0.6) is 0 Å². The Balaban J connectivity index is 1.25. The molecule has 2 aromatic carbocycles. The van der Waals surface area contributed by atoms with Crippen molar-refractivity contribution in [3.05, 3.63) is 105 Å². The third-order valence-corrected chi connectivity index (χ3v) is 13.7. The maximum Gasteiger partial charge on any atom is 0.351 e. The molecule has 4 heterocycles. The minimum Gasteiger partial charge on any atom is -0.394 e. The Morgan fingerprint density at radius 2 is 1.83 bits per heavy atom. The van der Waals surface area contributed by atoms with E-state index in [0.29, 0.717) is 30.8 Å². The van der Waals surface area contributed by atoms with Gasteiger partial charge in [0.05, 0.1) is 46.4 Å². The average molecular weight is 936 g/mol. The zero-order valence-electron chi connectivity index (χ0n) is 35.8. The summed E-state index contributed by atoms with van der Waals surface area (Å²) < 4.78 is 78.3. The maximum absolute atomic E-state index is 13.5. The molecule has 7 N–H and O–H groups in total. The van der Waals surface area contributed by atoms with Gasteiger partial charge in [-0.1, -0.05) is 56.1 Å². The number of nitrogen functional groups attached to an aromatic ring is 1. The van der Waals surface area contributed by atoms with E-state index in [-0.39, 0.29) is 34.8 Å². The van der Waals surface area contributed by atoms with Crippen LogP contribution in [0.15, 0.2) is 87.2 Å². The third-order valence-electron chi connectivity index (χ3n) is 11.7. The van der Waals surface area contributed by atoms with Gasteiger partial charge in [0.1, 0.15) is 18.1 Å². The molecule has 0 bridgehead atoms. The molecule has 0 aliphatic carbocycles. The number of carbonyl (C=O) groups excluding carboxylic acids is 1. The van der Waals surface area contributed by atoms with E-state index in [2.05, 4.69) is 27.0 Å².